The highest BCUT2D eigenvalue weighted by atomic mass is 19.1. The van der Waals surface area contributed by atoms with Gasteiger partial charge in [-0.1, -0.05) is 6.07 Å². The van der Waals surface area contributed by atoms with Gasteiger partial charge in [0.1, 0.15) is 5.65 Å². The number of nitrogens with zero attached hydrogens (tertiary/aromatic N) is 3. The molecule has 140 valence electrons. The maximum Gasteiger partial charge on any atom is 0.274 e. The van der Waals surface area contributed by atoms with Crippen LogP contribution in [0, 0.1) is 12.9 Å². The Morgan fingerprint density at radius 2 is 2.04 bits per heavy atom. The highest BCUT2D eigenvalue weighted by Gasteiger charge is 2.32. The van der Waals surface area contributed by atoms with Crippen molar-refractivity contribution < 1.29 is 14.0 Å². The molecule has 0 aromatic carbocycles. The molecular weight excluding hydrogens is 337 g/mol. The van der Waals surface area contributed by atoms with Gasteiger partial charge in [-0.25, -0.2) is 4.98 Å². The normalized spacial score (nSPS) is 20.5. The third-order valence-electron chi connectivity index (χ3n) is 5.11. The Bertz CT molecular complexity index is 834. The molecule has 0 radical (unpaired) electrons. The van der Waals surface area contributed by atoms with Gasteiger partial charge in [-0.2, -0.15) is 4.39 Å². The van der Waals surface area contributed by atoms with Gasteiger partial charge in [0.05, 0.1) is 0 Å². The Hall–Kier alpha value is -2.48. The van der Waals surface area contributed by atoms with E-state index in [2.05, 4.69) is 20.5 Å². The summed E-state index contributed by atoms with van der Waals surface area (Å²) in [4.78, 5) is 30.1. The Labute approximate surface area is 151 Å². The van der Waals surface area contributed by atoms with Crippen LogP contribution in [-0.2, 0) is 4.79 Å². The number of likely N-dealkylation sites (N-methyl/N-ethyl adjacent to an activating group) is 1. The molecule has 3 heterocycles. The molecule has 2 aromatic heterocycles. The number of nitrogens with one attached hydrogen (secondary N) is 2. The van der Waals surface area contributed by atoms with Crippen LogP contribution >= 0.6 is 0 Å². The smallest absolute Gasteiger partial charge is 0.274 e. The lowest BCUT2D eigenvalue weighted by Gasteiger charge is -2.25. The van der Waals surface area contributed by atoms with Gasteiger partial charge >= 0.3 is 0 Å². The summed E-state index contributed by atoms with van der Waals surface area (Å²) in [6.07, 6.45) is 3.83. The predicted molar refractivity (Wildman–Crippen MR) is 95.5 cm³/mol. The highest BCUT2D eigenvalue weighted by molar-refractivity contribution is 5.93. The number of hydrogen-bond donors (Lipinski definition) is 2. The quantitative estimate of drug-likeness (QED) is 0.836. The average molecular weight is 361 g/mol. The van der Waals surface area contributed by atoms with Gasteiger partial charge in [0.2, 0.25) is 11.9 Å². The molecule has 0 unspecified atom stereocenters. The summed E-state index contributed by atoms with van der Waals surface area (Å²) in [5, 5.41) is 5.41. The lowest BCUT2D eigenvalue weighted by Crippen LogP contribution is -2.42. The Balaban J connectivity index is 1.63. The van der Waals surface area contributed by atoms with Crippen molar-refractivity contribution in [1.82, 2.24) is 24.9 Å². The molecule has 0 aliphatic carbocycles. The summed E-state index contributed by atoms with van der Waals surface area (Å²) >= 11 is 0. The van der Waals surface area contributed by atoms with Gasteiger partial charge in [0, 0.05) is 38.3 Å². The summed E-state index contributed by atoms with van der Waals surface area (Å²) in [5.41, 5.74) is 1.09. The molecule has 2 atom stereocenters. The SMILES string of the molecule is CNC(=O)C[C@H]1CC[C@@H](CNC(=O)c2nc3ccc(C)cn3c2F)N1C. The summed E-state index contributed by atoms with van der Waals surface area (Å²) in [7, 11) is 3.57. The van der Waals surface area contributed by atoms with Crippen molar-refractivity contribution in [2.45, 2.75) is 38.3 Å². The second-order valence-corrected chi connectivity index (χ2v) is 6.82. The molecule has 1 aliphatic heterocycles. The van der Waals surface area contributed by atoms with Gasteiger partial charge in [-0.3, -0.25) is 18.9 Å². The Kier molecular flexibility index (Phi) is 5.22. The second-order valence-electron chi connectivity index (χ2n) is 6.82. The largest absolute Gasteiger partial charge is 0.359 e. The minimum absolute atomic E-state index is 0.00796. The van der Waals surface area contributed by atoms with E-state index in [4.69, 9.17) is 0 Å². The Morgan fingerprint density at radius 3 is 2.77 bits per heavy atom. The number of imidazole rings is 1. The first-order valence-electron chi connectivity index (χ1n) is 8.75. The zero-order chi connectivity index (χ0) is 18.8. The fourth-order valence-corrected chi connectivity index (χ4v) is 3.46. The third-order valence-corrected chi connectivity index (χ3v) is 5.11. The van der Waals surface area contributed by atoms with Gasteiger partial charge in [-0.15, -0.1) is 0 Å². The molecule has 3 rings (SSSR count). The first-order chi connectivity index (χ1) is 12.4. The number of hydrogen-bond acceptors (Lipinski definition) is 4. The van der Waals surface area contributed by atoms with Crippen molar-refractivity contribution in [3.8, 4) is 0 Å². The van der Waals surface area contributed by atoms with E-state index < -0.39 is 11.9 Å². The number of pyridine rings is 1. The molecule has 8 heteroatoms. The van der Waals surface area contributed by atoms with Crippen molar-refractivity contribution in [2.24, 2.45) is 0 Å². The number of carbonyl (C=O) groups excluding carboxylic acids is 2. The van der Waals surface area contributed by atoms with Crippen LogP contribution in [0.4, 0.5) is 4.39 Å². The molecule has 2 amide bonds. The fraction of sp³-hybridized carbons (Fsp3) is 0.500. The minimum atomic E-state index is -0.654. The summed E-state index contributed by atoms with van der Waals surface area (Å²) in [6, 6.07) is 3.79. The molecular formula is C18H24FN5O2. The zero-order valence-electron chi connectivity index (χ0n) is 15.3. The lowest BCUT2D eigenvalue weighted by atomic mass is 10.1. The van der Waals surface area contributed by atoms with E-state index >= 15 is 0 Å². The van der Waals surface area contributed by atoms with Crippen LogP contribution in [0.5, 0.6) is 0 Å². The maximum atomic E-state index is 14.5. The van der Waals surface area contributed by atoms with E-state index in [1.807, 2.05) is 20.0 Å². The van der Waals surface area contributed by atoms with Crippen molar-refractivity contribution >= 4 is 17.5 Å². The summed E-state index contributed by atoms with van der Waals surface area (Å²) < 4.78 is 15.7. The predicted octanol–water partition coefficient (Wildman–Crippen LogP) is 1.11. The van der Waals surface area contributed by atoms with Gasteiger partial charge < -0.3 is 10.6 Å². The van der Waals surface area contributed by atoms with Crippen LogP contribution in [-0.4, -0.2) is 58.8 Å². The number of amides is 2. The molecule has 0 saturated carbocycles. The molecule has 1 fully saturated rings. The van der Waals surface area contributed by atoms with Crippen LogP contribution in [0.1, 0.15) is 35.3 Å². The molecule has 0 spiro atoms. The molecule has 2 N–H and O–H groups in total. The molecule has 0 bridgehead atoms. The lowest BCUT2D eigenvalue weighted by molar-refractivity contribution is -0.121. The van der Waals surface area contributed by atoms with Crippen molar-refractivity contribution in [1.29, 1.82) is 0 Å². The maximum absolute atomic E-state index is 14.5. The third kappa shape index (κ3) is 3.55. The number of carbonyl (C=O) groups is 2. The molecule has 2 aromatic rings. The summed E-state index contributed by atoms with van der Waals surface area (Å²) in [5.74, 6) is -1.17. The number of halogens is 1. The van der Waals surface area contributed by atoms with Crippen molar-refractivity contribution in [2.75, 3.05) is 20.6 Å². The minimum Gasteiger partial charge on any atom is -0.359 e. The standard InChI is InChI=1S/C18H24FN5O2/c1-11-4-7-14-22-16(17(19)24(14)10-11)18(26)21-9-13-6-5-12(23(13)3)8-15(25)20-2/h4,7,10,12-13H,5-6,8-9H2,1-3H3,(H,20,25)(H,21,26)/t12-,13+/m1/s1. The van der Waals surface area contributed by atoms with Gasteiger partial charge in [0.25, 0.3) is 5.91 Å². The number of aryl methyl sites for hydroxylation is 1. The van der Waals surface area contributed by atoms with E-state index in [0.717, 1.165) is 18.4 Å². The van der Waals surface area contributed by atoms with Gasteiger partial charge in [0.15, 0.2) is 5.69 Å². The number of rotatable bonds is 5. The number of aromatic nitrogens is 2. The molecule has 1 aliphatic rings. The number of fused-ring (bicyclic) bond motifs is 1. The summed E-state index contributed by atoms with van der Waals surface area (Å²) in [6.45, 7) is 2.25. The van der Waals surface area contributed by atoms with Crippen molar-refractivity contribution in [3.63, 3.8) is 0 Å². The second kappa shape index (κ2) is 7.41. The van der Waals surface area contributed by atoms with Crippen LogP contribution in [0.25, 0.3) is 5.65 Å². The van der Waals surface area contributed by atoms with Crippen LogP contribution in [0.3, 0.4) is 0 Å². The average Bonchev–Trinajstić information content (AvgIpc) is 3.13. The van der Waals surface area contributed by atoms with Gasteiger partial charge in [-0.05, 0) is 38.4 Å². The topological polar surface area (TPSA) is 78.7 Å². The van der Waals surface area contributed by atoms with E-state index in [1.165, 1.54) is 4.40 Å². The van der Waals surface area contributed by atoms with Crippen molar-refractivity contribution in [3.05, 3.63) is 35.5 Å². The van der Waals surface area contributed by atoms with E-state index in [1.54, 1.807) is 19.3 Å². The zero-order valence-corrected chi connectivity index (χ0v) is 15.3. The van der Waals surface area contributed by atoms with E-state index in [-0.39, 0.29) is 23.7 Å². The molecule has 7 nitrogen and oxygen atoms in total. The van der Waals surface area contributed by atoms with Crippen LogP contribution in [0.15, 0.2) is 18.3 Å². The fourth-order valence-electron chi connectivity index (χ4n) is 3.46. The van der Waals surface area contributed by atoms with E-state index in [9.17, 15) is 14.0 Å². The Morgan fingerprint density at radius 1 is 1.31 bits per heavy atom. The van der Waals surface area contributed by atoms with E-state index in [0.29, 0.717) is 18.6 Å². The van der Waals surface area contributed by atoms with Crippen LogP contribution < -0.4 is 10.6 Å². The first-order valence-corrected chi connectivity index (χ1v) is 8.75. The molecule has 1 saturated heterocycles. The van der Waals surface area contributed by atoms with Crippen LogP contribution in [0.2, 0.25) is 0 Å². The monoisotopic (exact) mass is 361 g/mol. The first kappa shape index (κ1) is 18.3. The molecule has 26 heavy (non-hydrogen) atoms. The highest BCUT2D eigenvalue weighted by Crippen LogP contribution is 2.24. The number of likely N-dealkylation sites (tertiary alicyclic amines) is 1.